The van der Waals surface area contributed by atoms with Crippen molar-refractivity contribution in [2.75, 3.05) is 0 Å². The molecule has 1 aromatic heterocycles. The second kappa shape index (κ2) is 6.54. The van der Waals surface area contributed by atoms with Crippen molar-refractivity contribution in [3.8, 4) is 0 Å². The van der Waals surface area contributed by atoms with Crippen molar-refractivity contribution in [3.05, 3.63) is 15.4 Å². The first-order valence-corrected chi connectivity index (χ1v) is 9.97. The molecule has 0 atom stereocenters. The predicted octanol–water partition coefficient (Wildman–Crippen LogP) is 4.57. The molecule has 0 aliphatic heterocycles. The van der Waals surface area contributed by atoms with Gasteiger partial charge in [-0.25, -0.2) is 0 Å². The highest BCUT2D eigenvalue weighted by atomic mass is 32.1. The normalized spacial score (nSPS) is 21.0. The molecule has 2 aliphatic rings. The zero-order valence-corrected chi connectivity index (χ0v) is 15.8. The minimum absolute atomic E-state index is 0.113. The van der Waals surface area contributed by atoms with Crippen molar-refractivity contribution in [2.45, 2.75) is 84.6 Å². The van der Waals surface area contributed by atoms with Gasteiger partial charge in [0, 0.05) is 23.0 Å². The number of nitrogens with zero attached hydrogens (tertiary/aromatic N) is 2. The molecule has 2 aliphatic carbocycles. The Morgan fingerprint density at radius 1 is 1.17 bits per heavy atom. The minimum Gasteiger partial charge on any atom is -0.320 e. The number of carbonyl (C=O) groups is 1. The molecule has 23 heavy (non-hydrogen) atoms. The predicted molar refractivity (Wildman–Crippen MR) is 95.6 cm³/mol. The van der Waals surface area contributed by atoms with Crippen LogP contribution in [0.4, 0.5) is 0 Å². The third-order valence-corrected chi connectivity index (χ3v) is 6.74. The Morgan fingerprint density at radius 3 is 2.39 bits per heavy atom. The van der Waals surface area contributed by atoms with Gasteiger partial charge in [-0.3, -0.25) is 4.79 Å². The van der Waals surface area contributed by atoms with Gasteiger partial charge < -0.3 is 4.57 Å². The van der Waals surface area contributed by atoms with E-state index < -0.39 is 0 Å². The van der Waals surface area contributed by atoms with Gasteiger partial charge in [-0.1, -0.05) is 40.0 Å². The fourth-order valence-corrected chi connectivity index (χ4v) is 4.78. The first-order valence-electron chi connectivity index (χ1n) is 9.15. The maximum atomic E-state index is 12.6. The molecule has 1 heterocycles. The number of thiazole rings is 1. The fourth-order valence-electron chi connectivity index (χ4n) is 3.57. The second-order valence-corrected chi connectivity index (χ2v) is 9.37. The Kier molecular flexibility index (Phi) is 4.82. The third-order valence-electron chi connectivity index (χ3n) is 5.14. The standard InChI is InChI=1S/C19H30N2OS/c1-13-16(19(2,3)4)23-18(21(13)12-14-10-11-14)20-17(22)15-8-6-5-7-9-15/h14-15H,5-12H2,1-4H3. The van der Waals surface area contributed by atoms with Crippen LogP contribution in [0.1, 0.15) is 76.3 Å². The first-order chi connectivity index (χ1) is 10.9. The third kappa shape index (κ3) is 3.96. The highest BCUT2D eigenvalue weighted by molar-refractivity contribution is 7.09. The molecule has 1 amide bonds. The molecule has 0 saturated heterocycles. The zero-order chi connectivity index (χ0) is 16.6. The number of amides is 1. The van der Waals surface area contributed by atoms with Crippen molar-refractivity contribution in [2.24, 2.45) is 16.8 Å². The summed E-state index contributed by atoms with van der Waals surface area (Å²) in [4.78, 5) is 19.5. The molecule has 3 nitrogen and oxygen atoms in total. The molecule has 128 valence electrons. The molecule has 2 fully saturated rings. The molecule has 0 spiro atoms. The quantitative estimate of drug-likeness (QED) is 0.797. The molecule has 0 bridgehead atoms. The average Bonchev–Trinajstić information content (AvgIpc) is 3.26. The van der Waals surface area contributed by atoms with E-state index in [9.17, 15) is 4.79 Å². The number of aromatic nitrogens is 1. The van der Waals surface area contributed by atoms with E-state index >= 15 is 0 Å². The Labute approximate surface area is 143 Å². The summed E-state index contributed by atoms with van der Waals surface area (Å²) >= 11 is 1.73. The molecule has 4 heteroatoms. The van der Waals surface area contributed by atoms with Gasteiger partial charge in [-0.05, 0) is 43.9 Å². The first kappa shape index (κ1) is 16.9. The van der Waals surface area contributed by atoms with Crippen molar-refractivity contribution in [3.63, 3.8) is 0 Å². The highest BCUT2D eigenvalue weighted by Gasteiger charge is 2.28. The topological polar surface area (TPSA) is 34.4 Å². The van der Waals surface area contributed by atoms with Crippen molar-refractivity contribution in [1.29, 1.82) is 0 Å². The van der Waals surface area contributed by atoms with E-state index in [0.29, 0.717) is 0 Å². The van der Waals surface area contributed by atoms with Crippen LogP contribution in [0.5, 0.6) is 0 Å². The van der Waals surface area contributed by atoms with E-state index in [1.165, 1.54) is 42.7 Å². The molecule has 0 N–H and O–H groups in total. The van der Waals surface area contributed by atoms with Crippen molar-refractivity contribution >= 4 is 17.2 Å². The molecule has 0 aromatic carbocycles. The lowest BCUT2D eigenvalue weighted by Gasteiger charge is -2.18. The van der Waals surface area contributed by atoms with Crippen molar-refractivity contribution in [1.82, 2.24) is 4.57 Å². The summed E-state index contributed by atoms with van der Waals surface area (Å²) in [7, 11) is 0. The number of hydrogen-bond donors (Lipinski definition) is 0. The smallest absolute Gasteiger partial charge is 0.251 e. The van der Waals surface area contributed by atoms with Gasteiger partial charge >= 0.3 is 0 Å². The van der Waals surface area contributed by atoms with Gasteiger partial charge in [0.15, 0.2) is 4.80 Å². The number of hydrogen-bond acceptors (Lipinski definition) is 2. The van der Waals surface area contributed by atoms with Crippen LogP contribution in [0.2, 0.25) is 0 Å². The molecular weight excluding hydrogens is 304 g/mol. The van der Waals surface area contributed by atoms with Crippen LogP contribution < -0.4 is 4.80 Å². The van der Waals surface area contributed by atoms with E-state index in [4.69, 9.17) is 0 Å². The van der Waals surface area contributed by atoms with E-state index in [0.717, 1.165) is 30.1 Å². The molecular formula is C19H30N2OS. The maximum absolute atomic E-state index is 12.6. The second-order valence-electron chi connectivity index (χ2n) is 8.39. The van der Waals surface area contributed by atoms with E-state index in [1.807, 2.05) is 0 Å². The molecule has 0 radical (unpaired) electrons. The van der Waals surface area contributed by atoms with E-state index in [1.54, 1.807) is 11.3 Å². The lowest BCUT2D eigenvalue weighted by molar-refractivity contribution is -0.122. The van der Waals surface area contributed by atoms with Gasteiger partial charge in [0.2, 0.25) is 0 Å². The Bertz CT molecular complexity index is 637. The Morgan fingerprint density at radius 2 is 1.83 bits per heavy atom. The Hall–Kier alpha value is -0.900. The zero-order valence-electron chi connectivity index (χ0n) is 15.0. The summed E-state index contributed by atoms with van der Waals surface area (Å²) in [6.07, 6.45) is 8.35. The van der Waals surface area contributed by atoms with Crippen LogP contribution in [0, 0.1) is 18.8 Å². The summed E-state index contributed by atoms with van der Waals surface area (Å²) in [5, 5.41) is 0. The number of carbonyl (C=O) groups excluding carboxylic acids is 1. The van der Waals surface area contributed by atoms with E-state index in [2.05, 4.69) is 37.3 Å². The Balaban J connectivity index is 1.95. The minimum atomic E-state index is 0.113. The molecule has 1 aromatic rings. The molecule has 3 rings (SSSR count). The summed E-state index contributed by atoms with van der Waals surface area (Å²) in [6, 6.07) is 0. The SMILES string of the molecule is Cc1c(C(C)(C)C)sc(=NC(=O)C2CCCCC2)n1CC1CC1. The van der Waals surface area contributed by atoms with Gasteiger partial charge in [-0.2, -0.15) is 4.99 Å². The van der Waals surface area contributed by atoms with Crippen LogP contribution in [0.25, 0.3) is 0 Å². The van der Waals surface area contributed by atoms with Gasteiger partial charge in [0.1, 0.15) is 0 Å². The van der Waals surface area contributed by atoms with Crippen LogP contribution in [-0.2, 0) is 16.8 Å². The summed E-state index contributed by atoms with van der Waals surface area (Å²) in [5.41, 5.74) is 1.42. The lowest BCUT2D eigenvalue weighted by atomic mass is 9.89. The van der Waals surface area contributed by atoms with Crippen LogP contribution in [-0.4, -0.2) is 10.5 Å². The van der Waals surface area contributed by atoms with E-state index in [-0.39, 0.29) is 17.2 Å². The van der Waals surface area contributed by atoms with Crippen molar-refractivity contribution < 1.29 is 4.79 Å². The van der Waals surface area contributed by atoms with Gasteiger partial charge in [-0.15, -0.1) is 11.3 Å². The maximum Gasteiger partial charge on any atom is 0.251 e. The van der Waals surface area contributed by atoms with Gasteiger partial charge in [0.05, 0.1) is 0 Å². The van der Waals surface area contributed by atoms with Crippen LogP contribution in [0.15, 0.2) is 4.99 Å². The summed E-state index contributed by atoms with van der Waals surface area (Å²) in [6.45, 7) is 9.98. The molecule has 0 unspecified atom stereocenters. The highest BCUT2D eigenvalue weighted by Crippen LogP contribution is 2.33. The average molecular weight is 335 g/mol. The number of rotatable bonds is 3. The van der Waals surface area contributed by atoms with Crippen LogP contribution in [0.3, 0.4) is 0 Å². The fraction of sp³-hybridized carbons (Fsp3) is 0.789. The van der Waals surface area contributed by atoms with Crippen LogP contribution >= 0.6 is 11.3 Å². The van der Waals surface area contributed by atoms with Gasteiger partial charge in [0.25, 0.3) is 5.91 Å². The largest absolute Gasteiger partial charge is 0.320 e. The lowest BCUT2D eigenvalue weighted by Crippen LogP contribution is -2.23. The monoisotopic (exact) mass is 334 g/mol. The molecule has 2 saturated carbocycles. The summed E-state index contributed by atoms with van der Waals surface area (Å²) in [5.74, 6) is 1.08. The summed E-state index contributed by atoms with van der Waals surface area (Å²) < 4.78 is 2.32.